The Morgan fingerprint density at radius 2 is 1.72 bits per heavy atom. The van der Waals surface area contributed by atoms with Crippen LogP contribution in [0, 0.1) is 0 Å². The lowest BCUT2D eigenvalue weighted by molar-refractivity contribution is -0.231. The van der Waals surface area contributed by atoms with Crippen molar-refractivity contribution in [3.8, 4) is 0 Å². The molecule has 5 atom stereocenters. The summed E-state index contributed by atoms with van der Waals surface area (Å²) in [6.45, 7) is 0. The summed E-state index contributed by atoms with van der Waals surface area (Å²) in [7, 11) is 0. The summed E-state index contributed by atoms with van der Waals surface area (Å²) >= 11 is 0. The summed E-state index contributed by atoms with van der Waals surface area (Å²) < 4.78 is 42.8. The van der Waals surface area contributed by atoms with Gasteiger partial charge in [-0.2, -0.15) is 13.2 Å². The minimum Gasteiger partial charge on any atom is -0.479 e. The van der Waals surface area contributed by atoms with Gasteiger partial charge in [0.05, 0.1) is 5.56 Å². The molecule has 0 bridgehead atoms. The third kappa shape index (κ3) is 4.07. The summed E-state index contributed by atoms with van der Waals surface area (Å²) in [6, 6.07) is 3.38. The number of carboxylic acids is 1. The van der Waals surface area contributed by atoms with E-state index in [4.69, 9.17) is 9.84 Å². The third-order valence-electron chi connectivity index (χ3n) is 3.58. The molecular formula is C14H14F3NO7. The van der Waals surface area contributed by atoms with E-state index < -0.39 is 59.8 Å². The number of nitrogens with one attached hydrogen (secondary N) is 1. The number of halogens is 3. The lowest BCUT2D eigenvalue weighted by Crippen LogP contribution is -2.64. The number of aliphatic hydroxyl groups is 3. The highest BCUT2D eigenvalue weighted by atomic mass is 19.4. The van der Waals surface area contributed by atoms with Crippen LogP contribution < -0.4 is 5.32 Å². The Morgan fingerprint density at radius 3 is 2.28 bits per heavy atom. The van der Waals surface area contributed by atoms with Gasteiger partial charge in [-0.05, 0) is 18.2 Å². The van der Waals surface area contributed by atoms with Crippen molar-refractivity contribution in [1.29, 1.82) is 0 Å². The van der Waals surface area contributed by atoms with Crippen LogP contribution >= 0.6 is 0 Å². The van der Waals surface area contributed by atoms with E-state index in [9.17, 15) is 38.1 Å². The fourth-order valence-electron chi connectivity index (χ4n) is 2.25. The van der Waals surface area contributed by atoms with Gasteiger partial charge in [-0.1, -0.05) is 6.07 Å². The normalized spacial score (nSPS) is 29.9. The van der Waals surface area contributed by atoms with Crippen molar-refractivity contribution >= 4 is 11.9 Å². The molecule has 2 rings (SSSR count). The highest BCUT2D eigenvalue weighted by Crippen LogP contribution is 2.29. The molecule has 1 amide bonds. The lowest BCUT2D eigenvalue weighted by Gasteiger charge is -2.38. The monoisotopic (exact) mass is 365 g/mol. The van der Waals surface area contributed by atoms with E-state index in [-0.39, 0.29) is 0 Å². The number of ether oxygens (including phenoxy) is 1. The quantitative estimate of drug-likeness (QED) is 0.479. The van der Waals surface area contributed by atoms with Crippen LogP contribution in [-0.2, 0) is 15.7 Å². The molecule has 0 aromatic heterocycles. The van der Waals surface area contributed by atoms with Gasteiger partial charge in [-0.3, -0.25) is 4.79 Å². The molecule has 138 valence electrons. The van der Waals surface area contributed by atoms with E-state index in [0.717, 1.165) is 18.2 Å². The maximum Gasteiger partial charge on any atom is 0.416 e. The molecule has 8 nitrogen and oxygen atoms in total. The number of benzene rings is 1. The lowest BCUT2D eigenvalue weighted by atomic mass is 9.98. The van der Waals surface area contributed by atoms with Gasteiger partial charge >= 0.3 is 12.1 Å². The first kappa shape index (κ1) is 19.1. The van der Waals surface area contributed by atoms with Crippen LogP contribution in [0.15, 0.2) is 24.3 Å². The number of hydrogen-bond acceptors (Lipinski definition) is 6. The van der Waals surface area contributed by atoms with E-state index in [0.29, 0.717) is 6.07 Å². The Kier molecular flexibility index (Phi) is 5.32. The summed E-state index contributed by atoms with van der Waals surface area (Å²) in [5.74, 6) is -2.75. The second-order valence-electron chi connectivity index (χ2n) is 5.34. The average molecular weight is 365 g/mol. The minimum absolute atomic E-state index is 0.418. The van der Waals surface area contributed by atoms with Crippen LogP contribution in [0.1, 0.15) is 15.9 Å². The molecule has 1 aliphatic heterocycles. The fraction of sp³-hybridized carbons (Fsp3) is 0.429. The number of carbonyl (C=O) groups excluding carboxylic acids is 1. The SMILES string of the molecule is O=C(N[C@@H]1O[C@H](C(=O)O)[C@@H](O)[C@H](O)[C@H]1O)c1cccc(C(F)(F)F)c1. The summed E-state index contributed by atoms with van der Waals surface area (Å²) in [5.41, 5.74) is -1.50. The summed E-state index contributed by atoms with van der Waals surface area (Å²) in [4.78, 5) is 23.0. The Balaban J connectivity index is 2.18. The highest BCUT2D eigenvalue weighted by Gasteiger charge is 2.47. The Bertz CT molecular complexity index is 666. The molecule has 0 aliphatic carbocycles. The second-order valence-corrected chi connectivity index (χ2v) is 5.34. The Hall–Kier alpha value is -2.21. The van der Waals surface area contributed by atoms with E-state index in [2.05, 4.69) is 0 Å². The maximum atomic E-state index is 12.7. The fourth-order valence-corrected chi connectivity index (χ4v) is 2.25. The number of rotatable bonds is 3. The van der Waals surface area contributed by atoms with Crippen LogP contribution in [0.4, 0.5) is 13.2 Å². The number of aliphatic carboxylic acids is 1. The molecule has 1 aliphatic rings. The van der Waals surface area contributed by atoms with Crippen molar-refractivity contribution in [2.45, 2.75) is 36.8 Å². The Morgan fingerprint density at radius 1 is 1.08 bits per heavy atom. The van der Waals surface area contributed by atoms with Gasteiger partial charge in [0.2, 0.25) is 0 Å². The number of carbonyl (C=O) groups is 2. The van der Waals surface area contributed by atoms with Crippen molar-refractivity contribution < 1.29 is 47.9 Å². The molecule has 1 fully saturated rings. The van der Waals surface area contributed by atoms with Gasteiger partial charge < -0.3 is 30.5 Å². The first-order chi connectivity index (χ1) is 11.5. The van der Waals surface area contributed by atoms with Gasteiger partial charge in [-0.15, -0.1) is 0 Å². The molecule has 1 heterocycles. The molecule has 11 heteroatoms. The number of hydrogen-bond donors (Lipinski definition) is 5. The molecule has 1 aromatic rings. The van der Waals surface area contributed by atoms with Crippen LogP contribution in [0.25, 0.3) is 0 Å². The van der Waals surface area contributed by atoms with E-state index in [1.165, 1.54) is 0 Å². The zero-order valence-corrected chi connectivity index (χ0v) is 12.3. The van der Waals surface area contributed by atoms with E-state index in [1.54, 1.807) is 0 Å². The van der Waals surface area contributed by atoms with Gasteiger partial charge in [0.1, 0.15) is 18.3 Å². The molecule has 0 unspecified atom stereocenters. The van der Waals surface area contributed by atoms with Gasteiger partial charge in [0.25, 0.3) is 5.91 Å². The maximum absolute atomic E-state index is 12.7. The first-order valence-electron chi connectivity index (χ1n) is 6.93. The molecule has 5 N–H and O–H groups in total. The molecule has 0 spiro atoms. The van der Waals surface area contributed by atoms with Crippen molar-refractivity contribution in [2.75, 3.05) is 0 Å². The molecule has 0 radical (unpaired) electrons. The van der Waals surface area contributed by atoms with Crippen molar-refractivity contribution in [3.05, 3.63) is 35.4 Å². The number of aliphatic hydroxyl groups excluding tert-OH is 3. The van der Waals surface area contributed by atoms with Crippen molar-refractivity contribution in [1.82, 2.24) is 5.32 Å². The van der Waals surface area contributed by atoms with Gasteiger partial charge in [0.15, 0.2) is 12.3 Å². The smallest absolute Gasteiger partial charge is 0.416 e. The predicted octanol–water partition coefficient (Wildman–Crippen LogP) is -0.673. The van der Waals surface area contributed by atoms with Crippen molar-refractivity contribution in [2.24, 2.45) is 0 Å². The number of amides is 1. The molecule has 1 saturated heterocycles. The zero-order valence-electron chi connectivity index (χ0n) is 12.3. The van der Waals surface area contributed by atoms with Gasteiger partial charge in [-0.25, -0.2) is 4.79 Å². The van der Waals surface area contributed by atoms with E-state index in [1.807, 2.05) is 5.32 Å². The molecule has 1 aromatic carbocycles. The van der Waals surface area contributed by atoms with E-state index >= 15 is 0 Å². The van der Waals surface area contributed by atoms with Crippen molar-refractivity contribution in [3.63, 3.8) is 0 Å². The number of carboxylic acid groups (broad SMARTS) is 1. The second kappa shape index (κ2) is 6.96. The first-order valence-corrected chi connectivity index (χ1v) is 6.93. The third-order valence-corrected chi connectivity index (χ3v) is 3.58. The van der Waals surface area contributed by atoms with Gasteiger partial charge in [0, 0.05) is 5.56 Å². The molecule has 25 heavy (non-hydrogen) atoms. The van der Waals surface area contributed by atoms with Crippen LogP contribution in [-0.4, -0.2) is 62.9 Å². The minimum atomic E-state index is -4.67. The zero-order chi connectivity index (χ0) is 18.9. The summed E-state index contributed by atoms with van der Waals surface area (Å²) in [6.07, 6.45) is -14.1. The largest absolute Gasteiger partial charge is 0.479 e. The average Bonchev–Trinajstić information content (AvgIpc) is 2.54. The highest BCUT2D eigenvalue weighted by molar-refractivity contribution is 5.94. The van der Waals surface area contributed by atoms with Crippen LogP contribution in [0.2, 0.25) is 0 Å². The topological polar surface area (TPSA) is 136 Å². The standard InChI is InChI=1S/C14H14F3NO7/c15-14(16,17)6-3-1-2-5(4-6)11(22)18-12-9(21)7(19)8(20)10(25-12)13(23)24/h1-4,7-10,12,19-21H,(H,18,22)(H,23,24)/t7-,8-,9+,10-,12+/m0/s1. The summed E-state index contributed by atoms with van der Waals surface area (Å²) in [5, 5.41) is 39.8. The molecular weight excluding hydrogens is 351 g/mol. The number of alkyl halides is 3. The van der Waals surface area contributed by atoms with Crippen LogP contribution in [0.3, 0.4) is 0 Å². The van der Waals surface area contributed by atoms with Crippen LogP contribution in [0.5, 0.6) is 0 Å². The predicted molar refractivity (Wildman–Crippen MR) is 73.2 cm³/mol. The Labute approximate surface area is 138 Å². The molecule has 0 saturated carbocycles.